The maximum absolute atomic E-state index is 13.2. The van der Waals surface area contributed by atoms with Gasteiger partial charge < -0.3 is 28.8 Å². The number of rotatable bonds is 8. The number of ether oxygens (including phenoxy) is 3. The summed E-state index contributed by atoms with van der Waals surface area (Å²) in [6, 6.07) is 14.0. The molecule has 1 N–H and O–H groups in total. The van der Waals surface area contributed by atoms with E-state index >= 15 is 0 Å². The molecule has 7 heteroatoms. The summed E-state index contributed by atoms with van der Waals surface area (Å²) in [5.41, 5.74) is 3.44. The van der Waals surface area contributed by atoms with E-state index in [1.165, 1.54) is 0 Å². The highest BCUT2D eigenvalue weighted by Gasteiger charge is 2.24. The van der Waals surface area contributed by atoms with Crippen molar-refractivity contribution in [2.24, 2.45) is 0 Å². The smallest absolute Gasteiger partial charge is 0.255 e. The number of fused-ring (bicyclic) bond motifs is 1. The largest absolute Gasteiger partial charge is 0.489 e. The second-order valence-corrected chi connectivity index (χ2v) is 9.91. The third-order valence-corrected chi connectivity index (χ3v) is 7.19. The molecular formula is C29H36N2O5. The second kappa shape index (κ2) is 11.5. The summed E-state index contributed by atoms with van der Waals surface area (Å²) in [4.78, 5) is 15.5. The Morgan fingerprint density at radius 3 is 2.58 bits per heavy atom. The lowest BCUT2D eigenvalue weighted by molar-refractivity contribution is -0.169. The zero-order valence-electron chi connectivity index (χ0n) is 21.3. The highest BCUT2D eigenvalue weighted by atomic mass is 16.7. The summed E-state index contributed by atoms with van der Waals surface area (Å²) in [7, 11) is 2.12. The monoisotopic (exact) mass is 492 g/mol. The van der Waals surface area contributed by atoms with Gasteiger partial charge in [-0.3, -0.25) is 4.79 Å². The first-order valence-corrected chi connectivity index (χ1v) is 13.0. The Morgan fingerprint density at radius 1 is 1.06 bits per heavy atom. The van der Waals surface area contributed by atoms with Crippen LogP contribution in [-0.2, 0) is 22.7 Å². The molecule has 0 saturated carbocycles. The first-order valence-electron chi connectivity index (χ1n) is 13.0. The number of carbonyl (C=O) groups is 1. The highest BCUT2D eigenvalue weighted by molar-refractivity contribution is 6.07. The predicted molar refractivity (Wildman–Crippen MR) is 138 cm³/mol. The van der Waals surface area contributed by atoms with Crippen molar-refractivity contribution < 1.29 is 23.4 Å². The zero-order valence-corrected chi connectivity index (χ0v) is 21.3. The van der Waals surface area contributed by atoms with Gasteiger partial charge in [0, 0.05) is 18.0 Å². The third kappa shape index (κ3) is 5.91. The van der Waals surface area contributed by atoms with Crippen molar-refractivity contribution in [2.45, 2.75) is 64.6 Å². The lowest BCUT2D eigenvalue weighted by atomic mass is 10.0. The number of likely N-dealkylation sites (tertiary alicyclic amines) is 1. The molecule has 5 rings (SSSR count). The lowest BCUT2D eigenvalue weighted by Gasteiger charge is -2.29. The first-order chi connectivity index (χ1) is 17.6. The van der Waals surface area contributed by atoms with Crippen LogP contribution < -0.4 is 10.1 Å². The van der Waals surface area contributed by atoms with Crippen LogP contribution in [0.2, 0.25) is 0 Å². The van der Waals surface area contributed by atoms with Crippen LogP contribution in [-0.4, -0.2) is 49.9 Å². The maximum atomic E-state index is 13.2. The van der Waals surface area contributed by atoms with Gasteiger partial charge in [0.25, 0.3) is 5.91 Å². The molecule has 2 aliphatic heterocycles. The summed E-state index contributed by atoms with van der Waals surface area (Å²) in [5, 5.41) is 3.99. The Hall–Kier alpha value is -2.87. The molecule has 1 aromatic heterocycles. The van der Waals surface area contributed by atoms with Crippen LogP contribution in [0.3, 0.4) is 0 Å². The van der Waals surface area contributed by atoms with Crippen LogP contribution in [0.5, 0.6) is 5.75 Å². The second-order valence-electron chi connectivity index (χ2n) is 9.91. The quantitative estimate of drug-likeness (QED) is 0.467. The van der Waals surface area contributed by atoms with Gasteiger partial charge in [-0.15, -0.1) is 0 Å². The molecule has 0 aliphatic carbocycles. The van der Waals surface area contributed by atoms with Gasteiger partial charge in [0.15, 0.2) is 6.29 Å². The van der Waals surface area contributed by atoms with E-state index in [4.69, 9.17) is 18.6 Å². The fourth-order valence-corrected chi connectivity index (χ4v) is 5.01. The molecule has 192 valence electrons. The summed E-state index contributed by atoms with van der Waals surface area (Å²) < 4.78 is 23.8. The number of nitrogens with zero attached hydrogens (tertiary/aromatic N) is 1. The highest BCUT2D eigenvalue weighted by Crippen LogP contribution is 2.30. The minimum Gasteiger partial charge on any atom is -0.489 e. The fraction of sp³-hybridized carbons (Fsp3) is 0.483. The maximum Gasteiger partial charge on any atom is 0.255 e. The molecule has 1 amide bonds. The Kier molecular flexibility index (Phi) is 7.90. The summed E-state index contributed by atoms with van der Waals surface area (Å²) in [6.07, 6.45) is 4.98. The number of hydrogen-bond acceptors (Lipinski definition) is 6. The minimum absolute atomic E-state index is 0.0784. The van der Waals surface area contributed by atoms with E-state index in [9.17, 15) is 4.79 Å². The van der Waals surface area contributed by atoms with Gasteiger partial charge in [0.05, 0.1) is 12.2 Å². The van der Waals surface area contributed by atoms with Crippen LogP contribution in [0.15, 0.2) is 46.9 Å². The van der Waals surface area contributed by atoms with Crippen LogP contribution in [0, 0.1) is 6.92 Å². The summed E-state index contributed by atoms with van der Waals surface area (Å²) >= 11 is 0. The normalized spacial score (nSPS) is 19.4. The summed E-state index contributed by atoms with van der Waals surface area (Å²) in [6.45, 7) is 5.50. The number of benzene rings is 2. The first kappa shape index (κ1) is 24.8. The lowest BCUT2D eigenvalue weighted by Crippen LogP contribution is -2.43. The van der Waals surface area contributed by atoms with E-state index < -0.39 is 0 Å². The molecule has 7 nitrogen and oxygen atoms in total. The molecule has 0 radical (unpaired) electrons. The van der Waals surface area contributed by atoms with Gasteiger partial charge in [-0.1, -0.05) is 24.3 Å². The van der Waals surface area contributed by atoms with Crippen LogP contribution in [0.1, 0.15) is 59.3 Å². The van der Waals surface area contributed by atoms with Gasteiger partial charge in [0.1, 0.15) is 23.7 Å². The molecule has 2 aliphatic rings. The SMILES string of the molecule is Cc1oc2ccc(OCc3ccccc3COC3CCCCO3)cc2c1C(=O)NC1CCN(C)CC1. The number of furan rings is 1. The number of nitrogens with one attached hydrogen (secondary N) is 1. The molecule has 3 aromatic rings. The molecule has 0 spiro atoms. The van der Waals surface area contributed by atoms with Crippen LogP contribution in [0.25, 0.3) is 11.0 Å². The van der Waals surface area contributed by atoms with E-state index in [1.54, 1.807) is 0 Å². The topological polar surface area (TPSA) is 73.2 Å². The molecule has 1 atom stereocenters. The Bertz CT molecular complexity index is 1180. The molecular weight excluding hydrogens is 456 g/mol. The number of amides is 1. The van der Waals surface area contributed by atoms with Crippen molar-refractivity contribution in [1.82, 2.24) is 10.2 Å². The van der Waals surface area contributed by atoms with Crippen molar-refractivity contribution in [3.63, 3.8) is 0 Å². The van der Waals surface area contributed by atoms with Gasteiger partial charge in [-0.2, -0.15) is 0 Å². The average Bonchev–Trinajstić information content (AvgIpc) is 3.23. The molecule has 3 heterocycles. The number of carbonyl (C=O) groups excluding carboxylic acids is 1. The van der Waals surface area contributed by atoms with Crippen LogP contribution >= 0.6 is 0 Å². The van der Waals surface area contributed by atoms with E-state index in [2.05, 4.69) is 29.4 Å². The van der Waals surface area contributed by atoms with E-state index in [0.29, 0.717) is 35.9 Å². The Balaban J connectivity index is 1.26. The minimum atomic E-state index is -0.126. The van der Waals surface area contributed by atoms with Crippen molar-refractivity contribution in [2.75, 3.05) is 26.7 Å². The van der Waals surface area contributed by atoms with Crippen molar-refractivity contribution >= 4 is 16.9 Å². The van der Waals surface area contributed by atoms with E-state index in [1.807, 2.05) is 37.3 Å². The van der Waals surface area contributed by atoms with Crippen molar-refractivity contribution in [3.05, 3.63) is 64.9 Å². The average molecular weight is 493 g/mol. The van der Waals surface area contributed by atoms with Crippen molar-refractivity contribution in [3.8, 4) is 5.75 Å². The molecule has 2 saturated heterocycles. The third-order valence-electron chi connectivity index (χ3n) is 7.19. The molecule has 1 unspecified atom stereocenters. The number of aryl methyl sites for hydroxylation is 1. The molecule has 0 bridgehead atoms. The van der Waals surface area contributed by atoms with E-state index in [0.717, 1.165) is 68.3 Å². The Labute approximate surface area is 212 Å². The molecule has 2 aromatic carbocycles. The van der Waals surface area contributed by atoms with Crippen molar-refractivity contribution in [1.29, 1.82) is 0 Å². The molecule has 2 fully saturated rings. The zero-order chi connectivity index (χ0) is 24.9. The van der Waals surface area contributed by atoms with E-state index in [-0.39, 0.29) is 18.2 Å². The summed E-state index contributed by atoms with van der Waals surface area (Å²) in [5.74, 6) is 1.24. The predicted octanol–water partition coefficient (Wildman–Crippen LogP) is 5.19. The van der Waals surface area contributed by atoms with Gasteiger partial charge >= 0.3 is 0 Å². The number of hydrogen-bond donors (Lipinski definition) is 1. The van der Waals surface area contributed by atoms with Gasteiger partial charge in [-0.05, 0) is 88.5 Å². The fourth-order valence-electron chi connectivity index (χ4n) is 5.01. The van der Waals surface area contributed by atoms with Gasteiger partial charge in [-0.25, -0.2) is 0 Å². The van der Waals surface area contributed by atoms with Gasteiger partial charge in [0.2, 0.25) is 0 Å². The van der Waals surface area contributed by atoms with Crippen LogP contribution in [0.4, 0.5) is 0 Å². The number of piperidine rings is 1. The Morgan fingerprint density at radius 2 is 1.83 bits per heavy atom. The standard InChI is InChI=1S/C29H36N2O5/c1-20-28(29(32)30-23-12-14-31(2)15-13-23)25-17-24(10-11-26(25)36-20)34-18-21-7-3-4-8-22(21)19-35-27-9-5-6-16-33-27/h3-4,7-8,10-11,17,23,27H,5-6,9,12-16,18-19H2,1-2H3,(H,30,32). The molecule has 36 heavy (non-hydrogen) atoms.